The molecule has 0 spiro atoms. The number of nitrogens with one attached hydrogen (secondary N) is 1. The zero-order chi connectivity index (χ0) is 20.4. The fourth-order valence-electron chi connectivity index (χ4n) is 3.78. The summed E-state index contributed by atoms with van der Waals surface area (Å²) in [6.45, 7) is 0. The topological polar surface area (TPSA) is 61.7 Å². The first-order valence-electron chi connectivity index (χ1n) is 9.14. The van der Waals surface area contributed by atoms with Crippen molar-refractivity contribution in [1.29, 1.82) is 0 Å². The Morgan fingerprint density at radius 3 is 2.21 bits per heavy atom. The number of rotatable bonds is 5. The first-order chi connectivity index (χ1) is 14.0. The van der Waals surface area contributed by atoms with Gasteiger partial charge in [-0.05, 0) is 74.9 Å². The second-order valence-corrected chi connectivity index (χ2v) is 9.43. The lowest BCUT2D eigenvalue weighted by atomic mass is 9.85. The van der Waals surface area contributed by atoms with Crippen LogP contribution in [0.5, 0.6) is 5.75 Å². The van der Waals surface area contributed by atoms with Crippen molar-refractivity contribution >= 4 is 57.3 Å². The molecule has 3 aromatic rings. The molecule has 0 heterocycles. The molecule has 1 aliphatic carbocycles. The Bertz CT molecular complexity index is 1030. The number of hydrogen-bond donors (Lipinski definition) is 2. The van der Waals surface area contributed by atoms with Gasteiger partial charge in [0.2, 0.25) is 5.91 Å². The molecule has 29 heavy (non-hydrogen) atoms. The summed E-state index contributed by atoms with van der Waals surface area (Å²) in [7, 11) is 0. The molecule has 1 aliphatic rings. The number of carbonyl (C=O) groups is 1. The second kappa shape index (κ2) is 8.43. The molecule has 1 atom stereocenters. The number of nitrogens with zero attached hydrogens (tertiary/aromatic N) is 1. The van der Waals surface area contributed by atoms with Crippen LogP contribution in [0.1, 0.15) is 23.1 Å². The number of phenols is 1. The van der Waals surface area contributed by atoms with Gasteiger partial charge in [-0.25, -0.2) is 5.43 Å². The molecule has 0 aliphatic heterocycles. The molecule has 1 amide bonds. The van der Waals surface area contributed by atoms with Crippen molar-refractivity contribution in [2.45, 2.75) is 11.8 Å². The third-order valence-corrected chi connectivity index (χ3v) is 6.74. The maximum atomic E-state index is 12.9. The third-order valence-electron chi connectivity index (χ3n) is 5.29. The fourth-order valence-corrected chi connectivity index (χ4v) is 5.67. The van der Waals surface area contributed by atoms with Crippen LogP contribution in [0.25, 0.3) is 0 Å². The predicted octanol–water partition coefficient (Wildman–Crippen LogP) is 5.06. The van der Waals surface area contributed by atoms with Crippen LogP contribution in [0.15, 0.2) is 77.9 Å². The molecule has 4 nitrogen and oxygen atoms in total. The SMILES string of the molecule is O=C(NN=Cc1cc(I)cc(I)c1O)C1CC1(c1ccccc1)c1ccccc1. The van der Waals surface area contributed by atoms with E-state index in [9.17, 15) is 9.90 Å². The highest BCUT2D eigenvalue weighted by Crippen LogP contribution is 2.58. The average Bonchev–Trinajstić information content (AvgIpc) is 3.50. The van der Waals surface area contributed by atoms with Gasteiger partial charge in [0, 0.05) is 14.5 Å². The van der Waals surface area contributed by atoms with Crippen molar-refractivity contribution in [3.63, 3.8) is 0 Å². The molecule has 0 bridgehead atoms. The molecule has 3 aromatic carbocycles. The lowest BCUT2D eigenvalue weighted by Gasteiger charge is -2.18. The monoisotopic (exact) mass is 608 g/mol. The molecule has 0 saturated heterocycles. The predicted molar refractivity (Wildman–Crippen MR) is 131 cm³/mol. The standard InChI is InChI=1S/C23H18I2N2O2/c24-18-11-15(21(28)20(25)12-18)14-26-27-22(29)19-13-23(19,16-7-3-1-4-8-16)17-9-5-2-6-10-17/h1-12,14,19,28H,13H2,(H,27,29). The van der Waals surface area contributed by atoms with Gasteiger partial charge in [0.15, 0.2) is 0 Å². The molecule has 1 saturated carbocycles. The van der Waals surface area contributed by atoms with Crippen molar-refractivity contribution in [3.8, 4) is 5.75 Å². The Hall–Kier alpha value is -1.94. The number of phenolic OH excluding ortho intramolecular Hbond substituents is 1. The molecule has 0 aromatic heterocycles. The van der Waals surface area contributed by atoms with Crippen molar-refractivity contribution in [2.24, 2.45) is 11.0 Å². The van der Waals surface area contributed by atoms with Crippen molar-refractivity contribution in [3.05, 3.63) is 96.6 Å². The minimum Gasteiger partial charge on any atom is -0.506 e. The van der Waals surface area contributed by atoms with E-state index in [4.69, 9.17) is 0 Å². The van der Waals surface area contributed by atoms with E-state index in [0.717, 1.165) is 24.7 Å². The van der Waals surface area contributed by atoms with Crippen LogP contribution in [0.3, 0.4) is 0 Å². The van der Waals surface area contributed by atoms with E-state index < -0.39 is 0 Å². The largest absolute Gasteiger partial charge is 0.506 e. The van der Waals surface area contributed by atoms with Crippen LogP contribution in [-0.2, 0) is 10.2 Å². The molecule has 4 rings (SSSR count). The third kappa shape index (κ3) is 4.05. The smallest absolute Gasteiger partial charge is 0.244 e. The van der Waals surface area contributed by atoms with E-state index in [1.54, 1.807) is 0 Å². The molecular weight excluding hydrogens is 590 g/mol. The summed E-state index contributed by atoms with van der Waals surface area (Å²) in [5.74, 6) is -0.138. The fraction of sp³-hybridized carbons (Fsp3) is 0.130. The van der Waals surface area contributed by atoms with E-state index >= 15 is 0 Å². The Kier molecular flexibility index (Phi) is 5.91. The van der Waals surface area contributed by atoms with E-state index in [1.807, 2.05) is 48.5 Å². The average molecular weight is 608 g/mol. The Labute approximate surface area is 196 Å². The first kappa shape index (κ1) is 20.3. The molecule has 6 heteroatoms. The van der Waals surface area contributed by atoms with Crippen molar-refractivity contribution < 1.29 is 9.90 Å². The van der Waals surface area contributed by atoms with Gasteiger partial charge in [-0.2, -0.15) is 5.10 Å². The summed E-state index contributed by atoms with van der Waals surface area (Å²) in [6.07, 6.45) is 2.24. The summed E-state index contributed by atoms with van der Waals surface area (Å²) >= 11 is 4.26. The number of benzene rings is 3. The van der Waals surface area contributed by atoms with Gasteiger partial charge in [0.05, 0.1) is 15.7 Å². The molecule has 1 fully saturated rings. The summed E-state index contributed by atoms with van der Waals surface area (Å²) in [5, 5.41) is 14.3. The molecule has 2 N–H and O–H groups in total. The Morgan fingerprint density at radius 1 is 1.03 bits per heavy atom. The van der Waals surface area contributed by atoms with Crippen LogP contribution < -0.4 is 5.43 Å². The van der Waals surface area contributed by atoms with Crippen LogP contribution in [0.2, 0.25) is 0 Å². The molecular formula is C23H18I2N2O2. The Balaban J connectivity index is 1.55. The summed E-state index contributed by atoms with van der Waals surface area (Å²) < 4.78 is 1.74. The van der Waals surface area contributed by atoms with Gasteiger partial charge in [-0.1, -0.05) is 60.7 Å². The second-order valence-electron chi connectivity index (χ2n) is 7.02. The minimum absolute atomic E-state index is 0.117. The van der Waals surface area contributed by atoms with Crippen LogP contribution in [0, 0.1) is 13.1 Å². The lowest BCUT2D eigenvalue weighted by molar-refractivity contribution is -0.122. The van der Waals surface area contributed by atoms with Crippen molar-refractivity contribution in [2.75, 3.05) is 0 Å². The van der Waals surface area contributed by atoms with Crippen LogP contribution in [0.4, 0.5) is 0 Å². The summed E-state index contributed by atoms with van der Waals surface area (Å²) in [6, 6.07) is 24.0. The minimum atomic E-state index is -0.318. The number of carbonyl (C=O) groups excluding carboxylic acids is 1. The van der Waals surface area contributed by atoms with Gasteiger partial charge >= 0.3 is 0 Å². The number of aromatic hydroxyl groups is 1. The summed E-state index contributed by atoms with van der Waals surface area (Å²) in [4.78, 5) is 12.9. The lowest BCUT2D eigenvalue weighted by Crippen LogP contribution is -2.25. The number of hydrogen-bond acceptors (Lipinski definition) is 3. The number of amides is 1. The van der Waals surface area contributed by atoms with Crippen LogP contribution >= 0.6 is 45.2 Å². The molecule has 0 radical (unpaired) electrons. The normalized spacial score (nSPS) is 17.2. The van der Waals surface area contributed by atoms with Gasteiger partial charge < -0.3 is 5.11 Å². The van der Waals surface area contributed by atoms with Gasteiger partial charge in [0.25, 0.3) is 0 Å². The molecule has 146 valence electrons. The van der Waals surface area contributed by atoms with E-state index in [0.29, 0.717) is 5.56 Å². The Morgan fingerprint density at radius 2 is 1.62 bits per heavy atom. The maximum absolute atomic E-state index is 12.9. The zero-order valence-electron chi connectivity index (χ0n) is 15.3. The highest BCUT2D eigenvalue weighted by Gasteiger charge is 2.60. The zero-order valence-corrected chi connectivity index (χ0v) is 19.7. The quantitative estimate of drug-likeness (QED) is 0.242. The highest BCUT2D eigenvalue weighted by atomic mass is 127. The summed E-state index contributed by atoms with van der Waals surface area (Å²) in [5.41, 5.74) is 5.21. The maximum Gasteiger partial charge on any atom is 0.244 e. The van der Waals surface area contributed by atoms with E-state index in [-0.39, 0.29) is 23.0 Å². The number of halogens is 2. The first-order valence-corrected chi connectivity index (χ1v) is 11.3. The number of hydrazone groups is 1. The van der Waals surface area contributed by atoms with Crippen molar-refractivity contribution in [1.82, 2.24) is 5.43 Å². The van der Waals surface area contributed by atoms with Gasteiger partial charge in [-0.3, -0.25) is 4.79 Å². The van der Waals surface area contributed by atoms with E-state index in [2.05, 4.69) is 80.0 Å². The van der Waals surface area contributed by atoms with Gasteiger partial charge in [-0.15, -0.1) is 0 Å². The van der Waals surface area contributed by atoms with Gasteiger partial charge in [0.1, 0.15) is 5.75 Å². The molecule has 1 unspecified atom stereocenters. The van der Waals surface area contributed by atoms with E-state index in [1.165, 1.54) is 6.21 Å². The van der Waals surface area contributed by atoms with Crippen LogP contribution in [-0.4, -0.2) is 17.2 Å². The highest BCUT2D eigenvalue weighted by molar-refractivity contribution is 14.1.